The fraction of sp³-hybridized carbons (Fsp3) is 0.600. The van der Waals surface area contributed by atoms with Crippen LogP contribution in [0.25, 0.3) is 0 Å². The van der Waals surface area contributed by atoms with Crippen LogP contribution in [0.5, 0.6) is 0 Å². The van der Waals surface area contributed by atoms with Gasteiger partial charge in [0, 0.05) is 13.1 Å². The molecule has 0 spiro atoms. The summed E-state index contributed by atoms with van der Waals surface area (Å²) < 4.78 is 38.4. The molecule has 1 saturated heterocycles. The van der Waals surface area contributed by atoms with E-state index in [4.69, 9.17) is 0 Å². The highest BCUT2D eigenvalue weighted by Gasteiger charge is 2.42. The van der Waals surface area contributed by atoms with E-state index < -0.39 is 12.1 Å². The number of anilines is 1. The van der Waals surface area contributed by atoms with Gasteiger partial charge in [-0.25, -0.2) is 4.98 Å². The minimum atomic E-state index is -4.13. The summed E-state index contributed by atoms with van der Waals surface area (Å²) >= 11 is 3.16. The van der Waals surface area contributed by atoms with Crippen LogP contribution in [-0.2, 0) is 0 Å². The summed E-state index contributed by atoms with van der Waals surface area (Å²) in [5, 5.41) is 0. The molecule has 1 aliphatic heterocycles. The maximum absolute atomic E-state index is 12.6. The third kappa shape index (κ3) is 3.08. The molecule has 0 aromatic carbocycles. The molecule has 1 atom stereocenters. The molecule has 94 valence electrons. The Bertz CT molecular complexity index is 397. The number of hydrogen-bond donors (Lipinski definition) is 0. The van der Waals surface area contributed by atoms with E-state index in [1.807, 2.05) is 0 Å². The smallest absolute Gasteiger partial charge is 0.355 e. The second-order valence-corrected chi connectivity index (χ2v) is 4.84. The van der Waals surface area contributed by atoms with Crippen molar-refractivity contribution in [3.8, 4) is 0 Å². The van der Waals surface area contributed by atoms with Crippen LogP contribution in [-0.4, -0.2) is 29.2 Å². The van der Waals surface area contributed by atoms with Gasteiger partial charge in [-0.05, 0) is 28.8 Å². The van der Waals surface area contributed by atoms with Crippen LogP contribution in [0.15, 0.2) is 17.0 Å². The number of piperidine rings is 1. The molecule has 2 rings (SSSR count). The Balaban J connectivity index is 2.12. The lowest BCUT2D eigenvalue weighted by Gasteiger charge is -2.34. The number of rotatable bonds is 1. The monoisotopic (exact) mass is 309 g/mol. The molecule has 1 fully saturated rings. The Morgan fingerprint density at radius 2 is 2.12 bits per heavy atom. The minimum Gasteiger partial charge on any atom is -0.355 e. The third-order valence-corrected chi connectivity index (χ3v) is 3.18. The van der Waals surface area contributed by atoms with Crippen LogP contribution in [0, 0.1) is 5.92 Å². The Hall–Kier alpha value is -0.850. The quantitative estimate of drug-likeness (QED) is 0.798. The molecular weight excluding hydrogens is 299 g/mol. The Morgan fingerprint density at radius 3 is 2.76 bits per heavy atom. The van der Waals surface area contributed by atoms with E-state index in [9.17, 15) is 13.2 Å². The predicted octanol–water partition coefficient (Wildman–Crippen LogP) is 3.02. The van der Waals surface area contributed by atoms with Gasteiger partial charge < -0.3 is 4.90 Å². The summed E-state index contributed by atoms with van der Waals surface area (Å²) in [4.78, 5) is 9.68. The normalized spacial score (nSPS) is 21.6. The molecule has 1 unspecified atom stereocenters. The van der Waals surface area contributed by atoms with Gasteiger partial charge >= 0.3 is 6.18 Å². The fourth-order valence-electron chi connectivity index (χ4n) is 1.94. The summed E-state index contributed by atoms with van der Waals surface area (Å²) in [7, 11) is 0. The molecule has 1 aliphatic rings. The average molecular weight is 310 g/mol. The van der Waals surface area contributed by atoms with Gasteiger partial charge in [0.05, 0.1) is 18.3 Å². The van der Waals surface area contributed by atoms with Crippen molar-refractivity contribution in [3.63, 3.8) is 0 Å². The van der Waals surface area contributed by atoms with Crippen LogP contribution in [0.1, 0.15) is 12.8 Å². The van der Waals surface area contributed by atoms with Crippen molar-refractivity contribution >= 4 is 21.7 Å². The van der Waals surface area contributed by atoms with Crippen molar-refractivity contribution < 1.29 is 13.2 Å². The molecule has 1 aromatic heterocycles. The van der Waals surface area contributed by atoms with Gasteiger partial charge in [-0.3, -0.25) is 4.98 Å². The van der Waals surface area contributed by atoms with Crippen molar-refractivity contribution in [2.45, 2.75) is 19.0 Å². The third-order valence-electron chi connectivity index (χ3n) is 2.80. The maximum Gasteiger partial charge on any atom is 0.393 e. The molecule has 7 heteroatoms. The number of halogens is 4. The molecule has 1 aromatic rings. The van der Waals surface area contributed by atoms with E-state index in [-0.39, 0.29) is 13.0 Å². The first kappa shape index (κ1) is 12.6. The van der Waals surface area contributed by atoms with Crippen LogP contribution >= 0.6 is 15.9 Å². The van der Waals surface area contributed by atoms with Gasteiger partial charge in [0.2, 0.25) is 0 Å². The number of nitrogens with zero attached hydrogens (tertiary/aromatic N) is 3. The second kappa shape index (κ2) is 4.80. The van der Waals surface area contributed by atoms with Gasteiger partial charge in [0.25, 0.3) is 0 Å². The van der Waals surface area contributed by atoms with E-state index in [0.717, 1.165) is 0 Å². The van der Waals surface area contributed by atoms with E-state index in [0.29, 0.717) is 23.4 Å². The van der Waals surface area contributed by atoms with Crippen LogP contribution < -0.4 is 4.90 Å². The summed E-state index contributed by atoms with van der Waals surface area (Å²) in [5.41, 5.74) is 0. The molecule has 0 aliphatic carbocycles. The number of hydrogen-bond acceptors (Lipinski definition) is 3. The van der Waals surface area contributed by atoms with Crippen molar-refractivity contribution in [3.05, 3.63) is 17.0 Å². The van der Waals surface area contributed by atoms with E-state index in [2.05, 4.69) is 25.9 Å². The lowest BCUT2D eigenvalue weighted by Crippen LogP contribution is -2.42. The maximum atomic E-state index is 12.6. The highest BCUT2D eigenvalue weighted by molar-refractivity contribution is 9.10. The number of alkyl halides is 3. The van der Waals surface area contributed by atoms with Gasteiger partial charge in [-0.2, -0.15) is 13.2 Å². The Labute approximate surface area is 105 Å². The fourth-order valence-corrected chi connectivity index (χ4v) is 2.24. The first-order valence-electron chi connectivity index (χ1n) is 5.26. The van der Waals surface area contributed by atoms with Crippen molar-refractivity contribution in [1.29, 1.82) is 0 Å². The average Bonchev–Trinajstić information content (AvgIpc) is 2.28. The summed E-state index contributed by atoms with van der Waals surface area (Å²) in [5.74, 6) is -0.773. The summed E-state index contributed by atoms with van der Waals surface area (Å²) in [6, 6.07) is 0. The van der Waals surface area contributed by atoms with Crippen LogP contribution in [0.4, 0.5) is 19.0 Å². The van der Waals surface area contributed by atoms with E-state index >= 15 is 0 Å². The largest absolute Gasteiger partial charge is 0.393 e. The van der Waals surface area contributed by atoms with Gasteiger partial charge in [-0.1, -0.05) is 0 Å². The van der Waals surface area contributed by atoms with Crippen molar-refractivity contribution in [2.24, 2.45) is 5.92 Å². The summed E-state index contributed by atoms with van der Waals surface area (Å²) in [6.07, 6.45) is -0.407. The number of aromatic nitrogens is 2. The molecule has 0 radical (unpaired) electrons. The first-order valence-corrected chi connectivity index (χ1v) is 6.05. The molecule has 2 heterocycles. The molecule has 0 N–H and O–H groups in total. The highest BCUT2D eigenvalue weighted by atomic mass is 79.9. The van der Waals surface area contributed by atoms with Gasteiger partial charge in [0.1, 0.15) is 10.4 Å². The van der Waals surface area contributed by atoms with Gasteiger partial charge in [-0.15, -0.1) is 0 Å². The van der Waals surface area contributed by atoms with Gasteiger partial charge in [0.15, 0.2) is 0 Å². The van der Waals surface area contributed by atoms with Crippen molar-refractivity contribution in [2.75, 3.05) is 18.0 Å². The lowest BCUT2D eigenvalue weighted by atomic mass is 9.98. The zero-order valence-electron chi connectivity index (χ0n) is 8.91. The topological polar surface area (TPSA) is 29.0 Å². The molecule has 0 saturated carbocycles. The first-order chi connectivity index (χ1) is 7.97. The zero-order valence-corrected chi connectivity index (χ0v) is 10.5. The molecule has 17 heavy (non-hydrogen) atoms. The highest BCUT2D eigenvalue weighted by Crippen LogP contribution is 2.34. The minimum absolute atomic E-state index is 0.0331. The lowest BCUT2D eigenvalue weighted by molar-refractivity contribution is -0.176. The van der Waals surface area contributed by atoms with E-state index in [1.165, 1.54) is 12.4 Å². The second-order valence-electron chi connectivity index (χ2n) is 4.03. The molecule has 3 nitrogen and oxygen atoms in total. The molecule has 0 bridgehead atoms. The molecular formula is C10H11BrF3N3. The Morgan fingerprint density at radius 1 is 1.35 bits per heavy atom. The standard InChI is InChI=1S/C10H11BrF3N3/c11-8-4-15-5-9(16-8)17-3-1-2-7(6-17)10(12,13)14/h4-5,7H,1-3,6H2. The van der Waals surface area contributed by atoms with E-state index in [1.54, 1.807) is 4.90 Å². The SMILES string of the molecule is FC(F)(F)C1CCCN(c2cncc(Br)n2)C1. The van der Waals surface area contributed by atoms with Crippen LogP contribution in [0.2, 0.25) is 0 Å². The van der Waals surface area contributed by atoms with Crippen LogP contribution in [0.3, 0.4) is 0 Å². The molecule has 0 amide bonds. The zero-order chi connectivity index (χ0) is 12.5. The predicted molar refractivity (Wildman–Crippen MR) is 60.7 cm³/mol. The summed E-state index contributed by atoms with van der Waals surface area (Å²) in [6.45, 7) is 0.562. The Kier molecular flexibility index (Phi) is 3.56. The van der Waals surface area contributed by atoms with Crippen molar-refractivity contribution in [1.82, 2.24) is 9.97 Å².